The zero-order valence-electron chi connectivity index (χ0n) is 10.7. The van der Waals surface area contributed by atoms with Crippen molar-refractivity contribution in [1.82, 2.24) is 14.8 Å². The summed E-state index contributed by atoms with van der Waals surface area (Å²) in [6.07, 6.45) is 0. The van der Waals surface area contributed by atoms with Gasteiger partial charge in [0, 0.05) is 29.8 Å². The third kappa shape index (κ3) is 3.41. The highest BCUT2D eigenvalue weighted by atomic mass is 32.2. The molecule has 112 valence electrons. The van der Waals surface area contributed by atoms with Crippen LogP contribution in [0.3, 0.4) is 0 Å². The molecule has 0 atom stereocenters. The lowest BCUT2D eigenvalue weighted by Gasteiger charge is -2.08. The number of nitrogens with one attached hydrogen (secondary N) is 2. The topological polar surface area (TPSA) is 140 Å². The van der Waals surface area contributed by atoms with Gasteiger partial charge >= 0.3 is 0 Å². The van der Waals surface area contributed by atoms with E-state index in [1.165, 1.54) is 12.1 Å². The normalized spacial score (nSPS) is 11.1. The summed E-state index contributed by atoms with van der Waals surface area (Å²) in [5, 5.41) is 20.5. The number of hydrogen-bond donors (Lipinski definition) is 2. The molecule has 0 amide bonds. The summed E-state index contributed by atoms with van der Waals surface area (Å²) in [4.78, 5) is 9.78. The Morgan fingerprint density at radius 1 is 1.43 bits per heavy atom. The Kier molecular flexibility index (Phi) is 4.28. The molecule has 0 aliphatic rings. The molecule has 0 aliphatic heterocycles. The van der Waals surface area contributed by atoms with Gasteiger partial charge in [-0.2, -0.15) is 0 Å². The van der Waals surface area contributed by atoms with Crippen LogP contribution in [0, 0.1) is 10.1 Å². The second-order valence-corrected chi connectivity index (χ2v) is 6.13. The predicted molar refractivity (Wildman–Crippen MR) is 75.8 cm³/mol. The number of sulfonamides is 1. The molecule has 10 nitrogen and oxygen atoms in total. The van der Waals surface area contributed by atoms with Gasteiger partial charge in [0.25, 0.3) is 15.7 Å². The van der Waals surface area contributed by atoms with Crippen LogP contribution < -0.4 is 10.0 Å². The van der Waals surface area contributed by atoms with E-state index in [1.807, 2.05) is 6.92 Å². The van der Waals surface area contributed by atoms with E-state index < -0.39 is 25.5 Å². The summed E-state index contributed by atoms with van der Waals surface area (Å²) in [6.45, 7) is 2.37. The van der Waals surface area contributed by atoms with Crippen molar-refractivity contribution in [3.63, 3.8) is 0 Å². The lowest BCUT2D eigenvalue weighted by molar-refractivity contribution is -0.387. The number of aromatic nitrogens is 3. The highest BCUT2D eigenvalue weighted by Gasteiger charge is 2.27. The van der Waals surface area contributed by atoms with E-state index in [9.17, 15) is 18.5 Å². The Balaban J connectivity index is 2.48. The molecule has 1 aromatic heterocycles. The minimum absolute atomic E-state index is 0.0712. The van der Waals surface area contributed by atoms with Gasteiger partial charge in [0.1, 0.15) is 0 Å². The quantitative estimate of drug-likeness (QED) is 0.592. The third-order valence-electron chi connectivity index (χ3n) is 2.35. The first-order valence-electron chi connectivity index (χ1n) is 5.64. The van der Waals surface area contributed by atoms with E-state index >= 15 is 0 Å². The molecule has 2 N–H and O–H groups in total. The Morgan fingerprint density at radius 3 is 2.76 bits per heavy atom. The van der Waals surface area contributed by atoms with Crippen molar-refractivity contribution in [2.45, 2.75) is 11.8 Å². The number of nitro benzene ring substituents is 1. The summed E-state index contributed by atoms with van der Waals surface area (Å²) >= 11 is 0.725. The van der Waals surface area contributed by atoms with Crippen LogP contribution in [0.25, 0.3) is 0 Å². The van der Waals surface area contributed by atoms with Crippen LogP contribution in [0.15, 0.2) is 23.1 Å². The van der Waals surface area contributed by atoms with Crippen LogP contribution in [-0.4, -0.2) is 34.7 Å². The van der Waals surface area contributed by atoms with Crippen molar-refractivity contribution < 1.29 is 13.3 Å². The first-order valence-corrected chi connectivity index (χ1v) is 7.90. The van der Waals surface area contributed by atoms with E-state index in [4.69, 9.17) is 0 Å². The fourth-order valence-corrected chi connectivity index (χ4v) is 3.32. The summed E-state index contributed by atoms with van der Waals surface area (Å²) in [7, 11) is -4.16. The highest BCUT2D eigenvalue weighted by molar-refractivity contribution is 7.93. The summed E-state index contributed by atoms with van der Waals surface area (Å²) in [5.74, 6) is 0. The van der Waals surface area contributed by atoms with Crippen molar-refractivity contribution in [3.05, 3.63) is 28.3 Å². The monoisotopic (exact) mass is 330 g/mol. The fraction of sp³-hybridized carbons (Fsp3) is 0.222. The van der Waals surface area contributed by atoms with Gasteiger partial charge in [0.05, 0.1) is 4.92 Å². The molecule has 0 radical (unpaired) electrons. The van der Waals surface area contributed by atoms with E-state index in [-0.39, 0.29) is 5.13 Å². The van der Waals surface area contributed by atoms with Crippen molar-refractivity contribution in [2.75, 3.05) is 16.6 Å². The van der Waals surface area contributed by atoms with Crippen LogP contribution in [-0.2, 0) is 10.0 Å². The van der Waals surface area contributed by atoms with Gasteiger partial charge in [-0.1, -0.05) is 9.59 Å². The van der Waals surface area contributed by atoms with Crippen molar-refractivity contribution in [3.8, 4) is 0 Å². The zero-order valence-corrected chi connectivity index (χ0v) is 12.3. The average Bonchev–Trinajstić information content (AvgIpc) is 2.91. The number of hydrogen-bond acceptors (Lipinski definition) is 9. The van der Waals surface area contributed by atoms with Crippen molar-refractivity contribution >= 4 is 38.1 Å². The van der Waals surface area contributed by atoms with Crippen LogP contribution in [0.1, 0.15) is 6.92 Å². The smallest absolute Gasteiger partial charge is 0.290 e. The number of nitro groups is 1. The highest BCUT2D eigenvalue weighted by Crippen LogP contribution is 2.28. The van der Waals surface area contributed by atoms with Gasteiger partial charge in [-0.05, 0) is 24.3 Å². The first kappa shape index (κ1) is 15.1. The summed E-state index contributed by atoms with van der Waals surface area (Å²) in [6, 6.07) is 3.76. The molecule has 0 bridgehead atoms. The van der Waals surface area contributed by atoms with Crippen LogP contribution in [0.5, 0.6) is 0 Å². The minimum Gasteiger partial charge on any atom is -0.385 e. The number of nitrogens with zero attached hydrogens (tertiary/aromatic N) is 4. The molecule has 2 rings (SSSR count). The number of rotatable bonds is 6. The minimum atomic E-state index is -4.16. The van der Waals surface area contributed by atoms with Gasteiger partial charge < -0.3 is 5.32 Å². The van der Waals surface area contributed by atoms with Crippen LogP contribution in [0.2, 0.25) is 0 Å². The predicted octanol–water partition coefficient (Wildman–Crippen LogP) is 1.07. The standard InChI is InChI=1S/C9H10N6O4S2/c1-2-10-6-3-4-7(15(16)17)8(5-6)21(18,19)12-9-11-13-14-20-9/h3-5,10H,2H2,1H3,(H,11,12,14). The SMILES string of the molecule is CCNc1ccc([N+](=O)[O-])c(S(=O)(=O)Nc2nnns2)c1. The Bertz CT molecular complexity index is 746. The fourth-order valence-electron chi connectivity index (χ4n) is 1.54. The molecule has 0 spiro atoms. The van der Waals surface area contributed by atoms with E-state index in [0.29, 0.717) is 12.2 Å². The second kappa shape index (κ2) is 5.97. The maximum absolute atomic E-state index is 12.2. The molecule has 12 heteroatoms. The van der Waals surface area contributed by atoms with Crippen molar-refractivity contribution in [2.24, 2.45) is 0 Å². The first-order chi connectivity index (χ1) is 9.94. The molecule has 1 aromatic carbocycles. The van der Waals surface area contributed by atoms with Gasteiger partial charge in [-0.15, -0.1) is 0 Å². The average molecular weight is 330 g/mol. The molecule has 1 heterocycles. The molecule has 2 aromatic rings. The summed E-state index contributed by atoms with van der Waals surface area (Å²) < 4.78 is 30.0. The number of benzene rings is 1. The maximum atomic E-state index is 12.2. The molecular formula is C9H10N6O4S2. The second-order valence-electron chi connectivity index (χ2n) is 3.74. The molecule has 0 saturated carbocycles. The van der Waals surface area contributed by atoms with Gasteiger partial charge in [0.15, 0.2) is 4.90 Å². The molecule has 0 aliphatic carbocycles. The Morgan fingerprint density at radius 2 is 2.19 bits per heavy atom. The summed E-state index contributed by atoms with van der Waals surface area (Å²) in [5.41, 5.74) is -0.0690. The van der Waals surface area contributed by atoms with Crippen molar-refractivity contribution in [1.29, 1.82) is 0 Å². The lowest BCUT2D eigenvalue weighted by Crippen LogP contribution is -2.15. The van der Waals surface area contributed by atoms with Crippen LogP contribution >= 0.6 is 11.5 Å². The Hall–Kier alpha value is -2.34. The molecule has 0 fully saturated rings. The van der Waals surface area contributed by atoms with E-state index in [1.54, 1.807) is 0 Å². The van der Waals surface area contributed by atoms with Gasteiger partial charge in [-0.25, -0.2) is 8.42 Å². The molecule has 0 unspecified atom stereocenters. The Labute approximate surface area is 123 Å². The van der Waals surface area contributed by atoms with E-state index in [0.717, 1.165) is 17.6 Å². The van der Waals surface area contributed by atoms with Gasteiger partial charge in [0.2, 0.25) is 5.13 Å². The molecule has 21 heavy (non-hydrogen) atoms. The zero-order chi connectivity index (χ0) is 15.5. The van der Waals surface area contributed by atoms with Crippen LogP contribution in [0.4, 0.5) is 16.5 Å². The molecular weight excluding hydrogens is 320 g/mol. The van der Waals surface area contributed by atoms with E-state index in [2.05, 4.69) is 24.8 Å². The maximum Gasteiger partial charge on any atom is 0.290 e. The lowest BCUT2D eigenvalue weighted by atomic mass is 10.3. The number of anilines is 2. The molecule has 0 saturated heterocycles. The third-order valence-corrected chi connectivity index (χ3v) is 4.36. The largest absolute Gasteiger partial charge is 0.385 e. The van der Waals surface area contributed by atoms with Gasteiger partial charge in [-0.3, -0.25) is 14.8 Å².